The molecular weight excluding hydrogens is 478 g/mol. The summed E-state index contributed by atoms with van der Waals surface area (Å²) in [7, 11) is -3.61. The summed E-state index contributed by atoms with van der Waals surface area (Å²) in [6.45, 7) is 2.19. The van der Waals surface area contributed by atoms with Crippen molar-refractivity contribution in [2.24, 2.45) is 0 Å². The molecule has 0 radical (unpaired) electrons. The number of rotatable bonds is 5. The average Bonchev–Trinajstić information content (AvgIpc) is 3.49. The van der Waals surface area contributed by atoms with E-state index in [4.69, 9.17) is 5.26 Å². The number of piperazine rings is 1. The van der Waals surface area contributed by atoms with Gasteiger partial charge in [-0.15, -0.1) is 22.7 Å². The SMILES string of the molecule is N#Cc1ccc(S(=O)(=O)N2CCN(Cc3nc4scc(-c5cccs5)c4c(=O)[nH]3)CC2)cc1. The molecule has 1 N–H and O–H groups in total. The second kappa shape index (κ2) is 8.81. The molecule has 1 saturated heterocycles. The molecule has 4 heterocycles. The number of thiophene rings is 2. The van der Waals surface area contributed by atoms with Gasteiger partial charge in [0.05, 0.1) is 28.5 Å². The number of hydrogen-bond acceptors (Lipinski definition) is 8. The smallest absolute Gasteiger partial charge is 0.260 e. The van der Waals surface area contributed by atoms with Crippen molar-refractivity contribution in [3.05, 3.63) is 68.9 Å². The number of nitrogens with one attached hydrogen (secondary N) is 1. The topological polar surface area (TPSA) is 110 Å². The van der Waals surface area contributed by atoms with E-state index in [1.165, 1.54) is 39.9 Å². The molecule has 1 aromatic carbocycles. The fourth-order valence-electron chi connectivity index (χ4n) is 3.87. The molecule has 5 rings (SSSR count). The van der Waals surface area contributed by atoms with Crippen molar-refractivity contribution in [3.8, 4) is 16.5 Å². The third-order valence-corrected chi connectivity index (χ3v) is 9.29. The first-order valence-electron chi connectivity index (χ1n) is 10.2. The van der Waals surface area contributed by atoms with Gasteiger partial charge < -0.3 is 4.98 Å². The largest absolute Gasteiger partial charge is 0.309 e. The Kier molecular flexibility index (Phi) is 5.86. The van der Waals surface area contributed by atoms with Crippen LogP contribution in [0.3, 0.4) is 0 Å². The Morgan fingerprint density at radius 2 is 1.85 bits per heavy atom. The van der Waals surface area contributed by atoms with E-state index in [1.807, 2.05) is 29.0 Å². The molecule has 3 aromatic heterocycles. The van der Waals surface area contributed by atoms with Crippen LogP contribution in [-0.4, -0.2) is 53.8 Å². The first-order valence-corrected chi connectivity index (χ1v) is 13.4. The third kappa shape index (κ3) is 4.23. The Balaban J connectivity index is 1.28. The fraction of sp³-hybridized carbons (Fsp3) is 0.227. The third-order valence-electron chi connectivity index (χ3n) is 5.61. The first kappa shape index (κ1) is 21.9. The standard InChI is InChI=1S/C22H19N5O3S3/c23-12-15-3-5-16(6-4-15)33(29,30)27-9-7-26(8-10-27)13-19-24-21(28)20-17(14-32-22(20)25-19)18-2-1-11-31-18/h1-6,11,14H,7-10,13H2,(H,24,25,28). The number of hydrogen-bond donors (Lipinski definition) is 1. The Morgan fingerprint density at radius 3 is 2.52 bits per heavy atom. The Labute approximate surface area is 198 Å². The fourth-order valence-corrected chi connectivity index (χ4v) is 7.08. The van der Waals surface area contributed by atoms with Crippen molar-refractivity contribution >= 4 is 42.9 Å². The summed E-state index contributed by atoms with van der Waals surface area (Å²) in [4.78, 5) is 24.4. The van der Waals surface area contributed by atoms with Crippen LogP contribution in [0.15, 0.2) is 56.8 Å². The minimum Gasteiger partial charge on any atom is -0.309 e. The second-order valence-electron chi connectivity index (χ2n) is 7.64. The van der Waals surface area contributed by atoms with E-state index in [-0.39, 0.29) is 10.5 Å². The molecular formula is C22H19N5O3S3. The van der Waals surface area contributed by atoms with Crippen molar-refractivity contribution < 1.29 is 8.42 Å². The van der Waals surface area contributed by atoms with Crippen LogP contribution < -0.4 is 5.56 Å². The van der Waals surface area contributed by atoms with E-state index in [0.717, 1.165) is 10.4 Å². The Morgan fingerprint density at radius 1 is 1.09 bits per heavy atom. The number of aromatic amines is 1. The van der Waals surface area contributed by atoms with E-state index >= 15 is 0 Å². The predicted molar refractivity (Wildman–Crippen MR) is 129 cm³/mol. The lowest BCUT2D eigenvalue weighted by Gasteiger charge is -2.33. The number of H-pyrrole nitrogens is 1. The predicted octanol–water partition coefficient (Wildman–Crippen LogP) is 3.09. The highest BCUT2D eigenvalue weighted by atomic mass is 32.2. The number of sulfonamides is 1. The molecule has 0 bridgehead atoms. The molecule has 0 spiro atoms. The van der Waals surface area contributed by atoms with Gasteiger partial charge in [-0.1, -0.05) is 6.07 Å². The minimum atomic E-state index is -3.61. The molecule has 4 aromatic rings. The van der Waals surface area contributed by atoms with Crippen molar-refractivity contribution in [2.75, 3.05) is 26.2 Å². The van der Waals surface area contributed by atoms with Crippen LogP contribution in [0, 0.1) is 11.3 Å². The van der Waals surface area contributed by atoms with Gasteiger partial charge in [0, 0.05) is 42.0 Å². The molecule has 11 heteroatoms. The lowest BCUT2D eigenvalue weighted by atomic mass is 10.2. The van der Waals surface area contributed by atoms with Crippen LogP contribution in [-0.2, 0) is 16.6 Å². The van der Waals surface area contributed by atoms with Crippen LogP contribution >= 0.6 is 22.7 Å². The molecule has 8 nitrogen and oxygen atoms in total. The lowest BCUT2D eigenvalue weighted by molar-refractivity contribution is 0.178. The van der Waals surface area contributed by atoms with E-state index in [9.17, 15) is 13.2 Å². The van der Waals surface area contributed by atoms with Gasteiger partial charge >= 0.3 is 0 Å². The van der Waals surface area contributed by atoms with Gasteiger partial charge in [-0.25, -0.2) is 13.4 Å². The monoisotopic (exact) mass is 497 g/mol. The summed E-state index contributed by atoms with van der Waals surface area (Å²) < 4.78 is 27.3. The van der Waals surface area contributed by atoms with E-state index in [0.29, 0.717) is 54.3 Å². The zero-order valence-corrected chi connectivity index (χ0v) is 19.8. The van der Waals surface area contributed by atoms with E-state index in [2.05, 4.69) is 14.9 Å². The van der Waals surface area contributed by atoms with Gasteiger partial charge in [-0.05, 0) is 35.7 Å². The highest BCUT2D eigenvalue weighted by molar-refractivity contribution is 7.89. The van der Waals surface area contributed by atoms with Gasteiger partial charge in [-0.2, -0.15) is 9.57 Å². The molecule has 0 unspecified atom stereocenters. The molecule has 0 aliphatic carbocycles. The van der Waals surface area contributed by atoms with Gasteiger partial charge in [0.2, 0.25) is 10.0 Å². The van der Waals surface area contributed by atoms with Crippen LogP contribution in [0.25, 0.3) is 20.7 Å². The number of nitrogens with zero attached hydrogens (tertiary/aromatic N) is 4. The Hall–Kier alpha value is -2.88. The van der Waals surface area contributed by atoms with Crippen molar-refractivity contribution in [3.63, 3.8) is 0 Å². The van der Waals surface area contributed by atoms with Gasteiger partial charge in [-0.3, -0.25) is 9.69 Å². The molecule has 1 aliphatic rings. The zero-order valence-electron chi connectivity index (χ0n) is 17.4. The maximum atomic E-state index is 12.9. The number of benzene rings is 1. The summed E-state index contributed by atoms with van der Waals surface area (Å²) in [6.07, 6.45) is 0. The molecule has 1 fully saturated rings. The van der Waals surface area contributed by atoms with Gasteiger partial charge in [0.15, 0.2) is 0 Å². The molecule has 0 atom stereocenters. The molecule has 0 saturated carbocycles. The van der Waals surface area contributed by atoms with Crippen molar-refractivity contribution in [2.45, 2.75) is 11.4 Å². The first-order chi connectivity index (χ1) is 16.0. The summed E-state index contributed by atoms with van der Waals surface area (Å²) in [6, 6.07) is 11.9. The summed E-state index contributed by atoms with van der Waals surface area (Å²) in [5.74, 6) is 0.579. The molecule has 1 aliphatic heterocycles. The minimum absolute atomic E-state index is 0.151. The summed E-state index contributed by atoms with van der Waals surface area (Å²) in [5.41, 5.74) is 1.18. The van der Waals surface area contributed by atoms with Crippen molar-refractivity contribution in [1.29, 1.82) is 5.26 Å². The number of aromatic nitrogens is 2. The maximum Gasteiger partial charge on any atom is 0.260 e. The second-order valence-corrected chi connectivity index (χ2v) is 11.4. The van der Waals surface area contributed by atoms with Gasteiger partial charge in [0.25, 0.3) is 5.56 Å². The quantitative estimate of drug-likeness (QED) is 0.454. The number of fused-ring (bicyclic) bond motifs is 1. The molecule has 168 valence electrons. The van der Waals surface area contributed by atoms with E-state index in [1.54, 1.807) is 11.3 Å². The number of nitriles is 1. The van der Waals surface area contributed by atoms with Crippen LogP contribution in [0.2, 0.25) is 0 Å². The highest BCUT2D eigenvalue weighted by Gasteiger charge is 2.28. The zero-order chi connectivity index (χ0) is 23.0. The van der Waals surface area contributed by atoms with Crippen molar-refractivity contribution in [1.82, 2.24) is 19.2 Å². The maximum absolute atomic E-state index is 12.9. The van der Waals surface area contributed by atoms with Crippen LogP contribution in [0.1, 0.15) is 11.4 Å². The molecule has 0 amide bonds. The molecule has 33 heavy (non-hydrogen) atoms. The van der Waals surface area contributed by atoms with Gasteiger partial charge in [0.1, 0.15) is 10.7 Å². The van der Waals surface area contributed by atoms with Crippen LogP contribution in [0.5, 0.6) is 0 Å². The lowest BCUT2D eigenvalue weighted by Crippen LogP contribution is -2.48. The van der Waals surface area contributed by atoms with E-state index < -0.39 is 10.0 Å². The normalized spacial score (nSPS) is 15.6. The summed E-state index contributed by atoms with van der Waals surface area (Å²) >= 11 is 3.04. The highest BCUT2D eigenvalue weighted by Crippen LogP contribution is 2.33. The average molecular weight is 498 g/mol. The summed E-state index contributed by atoms with van der Waals surface area (Å²) in [5, 5.41) is 13.5. The van der Waals surface area contributed by atoms with Crippen LogP contribution in [0.4, 0.5) is 0 Å². The Bertz CT molecular complexity index is 1490.